The fraction of sp³-hybridized carbons (Fsp3) is 0.333. The van der Waals surface area contributed by atoms with Crippen LogP contribution in [0.4, 0.5) is 0 Å². The summed E-state index contributed by atoms with van der Waals surface area (Å²) in [5.74, 6) is 0.282. The maximum atomic E-state index is 13.0. The van der Waals surface area contributed by atoms with Gasteiger partial charge in [-0.25, -0.2) is 16.8 Å². The Kier molecular flexibility index (Phi) is 5.36. The quantitative estimate of drug-likeness (QED) is 0.750. The molecule has 6 nitrogen and oxygen atoms in total. The first kappa shape index (κ1) is 18.9. The molecular formula is C18H21NO5S2. The lowest BCUT2D eigenvalue weighted by Crippen LogP contribution is -2.32. The van der Waals surface area contributed by atoms with Crippen molar-refractivity contribution in [3.8, 4) is 5.75 Å². The Bertz CT molecular complexity index is 972. The molecule has 2 aromatic rings. The van der Waals surface area contributed by atoms with Gasteiger partial charge in [0.1, 0.15) is 10.6 Å². The van der Waals surface area contributed by atoms with E-state index in [1.165, 1.54) is 22.5 Å². The Hall–Kier alpha value is -1.90. The van der Waals surface area contributed by atoms with Crippen LogP contribution in [-0.4, -0.2) is 46.1 Å². The first-order valence-electron chi connectivity index (χ1n) is 8.38. The van der Waals surface area contributed by atoms with Crippen LogP contribution >= 0.6 is 0 Å². The summed E-state index contributed by atoms with van der Waals surface area (Å²) in [4.78, 5) is 0.290. The van der Waals surface area contributed by atoms with Crippen LogP contribution in [0.5, 0.6) is 5.75 Å². The molecule has 1 aliphatic rings. The van der Waals surface area contributed by atoms with E-state index >= 15 is 0 Å². The second-order valence-electron chi connectivity index (χ2n) is 6.01. The third-order valence-corrected chi connectivity index (χ3v) is 8.48. The number of hydrogen-bond acceptors (Lipinski definition) is 5. The number of benzene rings is 2. The molecule has 8 heteroatoms. The summed E-state index contributed by atoms with van der Waals surface area (Å²) < 4.78 is 58.2. The van der Waals surface area contributed by atoms with Gasteiger partial charge in [0, 0.05) is 13.1 Å². The van der Waals surface area contributed by atoms with Crippen molar-refractivity contribution in [2.45, 2.75) is 28.4 Å². The summed E-state index contributed by atoms with van der Waals surface area (Å²) in [5.41, 5.74) is 0. The van der Waals surface area contributed by atoms with Gasteiger partial charge >= 0.3 is 0 Å². The number of para-hydroxylation sites is 1. The molecule has 26 heavy (non-hydrogen) atoms. The van der Waals surface area contributed by atoms with Crippen molar-refractivity contribution in [1.82, 2.24) is 4.31 Å². The van der Waals surface area contributed by atoms with Crippen LogP contribution in [0.15, 0.2) is 64.4 Å². The van der Waals surface area contributed by atoms with Gasteiger partial charge in [-0.1, -0.05) is 30.3 Å². The standard InChI is InChI=1S/C18H21NO5S2/c1-2-24-17-10-6-7-11-18(17)26(22,23)19-13-12-16(14-19)25(20,21)15-8-4-3-5-9-15/h3-11,16H,2,12-14H2,1H3. The number of sulfonamides is 1. The van der Waals surface area contributed by atoms with Gasteiger partial charge in [-0.15, -0.1) is 0 Å². The van der Waals surface area contributed by atoms with Gasteiger partial charge < -0.3 is 4.74 Å². The summed E-state index contributed by atoms with van der Waals surface area (Å²) in [7, 11) is -7.39. The van der Waals surface area contributed by atoms with Gasteiger partial charge in [0.05, 0.1) is 16.8 Å². The van der Waals surface area contributed by atoms with Crippen molar-refractivity contribution in [1.29, 1.82) is 0 Å². The third kappa shape index (κ3) is 3.49. The number of sulfone groups is 1. The van der Waals surface area contributed by atoms with Crippen molar-refractivity contribution < 1.29 is 21.6 Å². The maximum absolute atomic E-state index is 13.0. The van der Waals surface area contributed by atoms with Crippen molar-refractivity contribution in [3.05, 3.63) is 54.6 Å². The maximum Gasteiger partial charge on any atom is 0.246 e. The molecule has 0 aromatic heterocycles. The van der Waals surface area contributed by atoms with Crippen LogP contribution in [0.2, 0.25) is 0 Å². The second-order valence-corrected chi connectivity index (χ2v) is 10.1. The lowest BCUT2D eigenvalue weighted by atomic mass is 10.3. The lowest BCUT2D eigenvalue weighted by molar-refractivity contribution is 0.329. The smallest absolute Gasteiger partial charge is 0.246 e. The minimum Gasteiger partial charge on any atom is -0.492 e. The van der Waals surface area contributed by atoms with Crippen molar-refractivity contribution in [2.24, 2.45) is 0 Å². The molecule has 0 bridgehead atoms. The van der Waals surface area contributed by atoms with Gasteiger partial charge in [0.25, 0.3) is 0 Å². The molecule has 1 saturated heterocycles. The summed E-state index contributed by atoms with van der Waals surface area (Å²) in [6.07, 6.45) is 0.271. The zero-order valence-corrected chi connectivity index (χ0v) is 16.0. The molecule has 140 valence electrons. The van der Waals surface area contributed by atoms with E-state index in [4.69, 9.17) is 4.74 Å². The predicted molar refractivity (Wildman–Crippen MR) is 98.4 cm³/mol. The minimum atomic E-state index is -3.82. The highest BCUT2D eigenvalue weighted by molar-refractivity contribution is 7.92. The molecule has 2 aromatic carbocycles. The normalized spacial score (nSPS) is 18.7. The fourth-order valence-corrected chi connectivity index (χ4v) is 6.49. The van der Waals surface area contributed by atoms with E-state index in [2.05, 4.69) is 0 Å². The fourth-order valence-electron chi connectivity index (χ4n) is 3.05. The van der Waals surface area contributed by atoms with E-state index in [1.54, 1.807) is 43.3 Å². The zero-order chi connectivity index (χ0) is 18.8. The van der Waals surface area contributed by atoms with E-state index < -0.39 is 25.1 Å². The molecule has 3 rings (SSSR count). The monoisotopic (exact) mass is 395 g/mol. The van der Waals surface area contributed by atoms with E-state index in [0.717, 1.165) is 0 Å². The van der Waals surface area contributed by atoms with Crippen LogP contribution in [0, 0.1) is 0 Å². The summed E-state index contributed by atoms with van der Waals surface area (Å²) in [6.45, 7) is 2.23. The van der Waals surface area contributed by atoms with E-state index in [-0.39, 0.29) is 35.1 Å². The van der Waals surface area contributed by atoms with E-state index in [0.29, 0.717) is 6.61 Å². The van der Waals surface area contributed by atoms with Crippen molar-refractivity contribution in [2.75, 3.05) is 19.7 Å². The molecule has 0 aliphatic carbocycles. The highest BCUT2D eigenvalue weighted by atomic mass is 32.2. The first-order chi connectivity index (χ1) is 12.4. The lowest BCUT2D eigenvalue weighted by Gasteiger charge is -2.19. The molecule has 0 saturated carbocycles. The molecule has 1 unspecified atom stereocenters. The van der Waals surface area contributed by atoms with Crippen molar-refractivity contribution >= 4 is 19.9 Å². The molecule has 1 atom stereocenters. The average Bonchev–Trinajstić information content (AvgIpc) is 3.15. The molecule has 0 spiro atoms. The Morgan fingerprint density at radius 1 is 1.00 bits per heavy atom. The topological polar surface area (TPSA) is 80.8 Å². The van der Waals surface area contributed by atoms with Crippen LogP contribution < -0.4 is 4.74 Å². The highest BCUT2D eigenvalue weighted by Gasteiger charge is 2.40. The Morgan fingerprint density at radius 2 is 1.65 bits per heavy atom. The Labute approximate surface area is 154 Å². The predicted octanol–water partition coefficient (Wildman–Crippen LogP) is 2.32. The van der Waals surface area contributed by atoms with Crippen LogP contribution in [0.25, 0.3) is 0 Å². The van der Waals surface area contributed by atoms with E-state index in [1.807, 2.05) is 0 Å². The number of rotatable bonds is 6. The molecular weight excluding hydrogens is 374 g/mol. The van der Waals surface area contributed by atoms with Crippen LogP contribution in [0.3, 0.4) is 0 Å². The van der Waals surface area contributed by atoms with Crippen LogP contribution in [-0.2, 0) is 19.9 Å². The summed E-state index contributed by atoms with van der Waals surface area (Å²) >= 11 is 0. The van der Waals surface area contributed by atoms with Gasteiger partial charge in [-0.05, 0) is 37.6 Å². The first-order valence-corrected chi connectivity index (χ1v) is 11.4. The van der Waals surface area contributed by atoms with Crippen molar-refractivity contribution in [3.63, 3.8) is 0 Å². The summed E-state index contributed by atoms with van der Waals surface area (Å²) in [5, 5.41) is -0.751. The molecule has 0 amide bonds. The number of hydrogen-bond donors (Lipinski definition) is 0. The molecule has 1 fully saturated rings. The zero-order valence-electron chi connectivity index (χ0n) is 14.4. The van der Waals surface area contributed by atoms with Crippen LogP contribution in [0.1, 0.15) is 13.3 Å². The average molecular weight is 396 g/mol. The second kappa shape index (κ2) is 7.38. The molecule has 1 aliphatic heterocycles. The van der Waals surface area contributed by atoms with E-state index in [9.17, 15) is 16.8 Å². The highest BCUT2D eigenvalue weighted by Crippen LogP contribution is 2.31. The SMILES string of the molecule is CCOc1ccccc1S(=O)(=O)N1CCC(S(=O)(=O)c2ccccc2)C1. The largest absolute Gasteiger partial charge is 0.492 e. The summed E-state index contributed by atoms with van der Waals surface area (Å²) in [6, 6.07) is 14.6. The molecule has 1 heterocycles. The Morgan fingerprint density at radius 3 is 2.35 bits per heavy atom. The Balaban J connectivity index is 1.87. The van der Waals surface area contributed by atoms with Gasteiger partial charge in [0.15, 0.2) is 9.84 Å². The number of nitrogens with zero attached hydrogens (tertiary/aromatic N) is 1. The minimum absolute atomic E-state index is 0.0555. The third-order valence-electron chi connectivity index (χ3n) is 4.39. The molecule has 0 radical (unpaired) electrons. The van der Waals surface area contributed by atoms with Gasteiger partial charge in [-0.3, -0.25) is 0 Å². The molecule has 0 N–H and O–H groups in total. The van der Waals surface area contributed by atoms with Gasteiger partial charge in [0.2, 0.25) is 10.0 Å². The number of ether oxygens (including phenoxy) is 1. The van der Waals surface area contributed by atoms with Gasteiger partial charge in [-0.2, -0.15) is 4.31 Å².